The summed E-state index contributed by atoms with van der Waals surface area (Å²) in [4.78, 5) is 48.8. The van der Waals surface area contributed by atoms with Gasteiger partial charge in [0.05, 0.1) is 0 Å². The highest BCUT2D eigenvalue weighted by atomic mass is 16.2. The van der Waals surface area contributed by atoms with E-state index in [0.29, 0.717) is 0 Å². The van der Waals surface area contributed by atoms with Crippen molar-refractivity contribution in [1.29, 1.82) is 0 Å². The van der Waals surface area contributed by atoms with Gasteiger partial charge in [0.15, 0.2) is 0 Å². The SMILES string of the molecule is CO.O.O=C=O.O=C=O.O=C=O. The number of aliphatic hydroxyl groups is 1. The molecule has 70 valence electrons. The second-order valence-corrected chi connectivity index (χ2v) is 0.250. The van der Waals surface area contributed by atoms with Crippen LogP contribution < -0.4 is 0 Å². The number of aliphatic hydroxyl groups excluding tert-OH is 1. The smallest absolute Gasteiger partial charge is 0.373 e. The average Bonchev–Trinajstić information content (AvgIpc) is 1.96. The Morgan fingerprint density at radius 1 is 0.667 bits per heavy atom. The van der Waals surface area contributed by atoms with Gasteiger partial charge in [-0.2, -0.15) is 28.8 Å². The first-order valence-electron chi connectivity index (χ1n) is 1.67. The van der Waals surface area contributed by atoms with E-state index in [1.165, 1.54) is 0 Å². The fraction of sp³-hybridized carbons (Fsp3) is 0.250. The largest absolute Gasteiger partial charge is 0.412 e. The molecule has 0 spiro atoms. The van der Waals surface area contributed by atoms with Crippen LogP contribution in [0.1, 0.15) is 0 Å². The Bertz CT molecular complexity index is 103. The summed E-state index contributed by atoms with van der Waals surface area (Å²) in [5.74, 6) is 0. The molecule has 0 saturated carbocycles. The first-order chi connectivity index (χ1) is 5.24. The van der Waals surface area contributed by atoms with Gasteiger partial charge in [-0.25, -0.2) is 0 Å². The molecule has 0 atom stereocenters. The van der Waals surface area contributed by atoms with E-state index in [2.05, 4.69) is 0 Å². The molecule has 8 heteroatoms. The minimum absolute atomic E-state index is 0. The Labute approximate surface area is 66.1 Å². The van der Waals surface area contributed by atoms with Crippen LogP contribution in [0.3, 0.4) is 0 Å². The molecule has 0 unspecified atom stereocenters. The van der Waals surface area contributed by atoms with Crippen LogP contribution in [0.25, 0.3) is 0 Å². The zero-order valence-electron chi connectivity index (χ0n) is 5.90. The van der Waals surface area contributed by atoms with Crippen LogP contribution in [0, 0.1) is 0 Å². The van der Waals surface area contributed by atoms with Crippen LogP contribution in [0.4, 0.5) is 0 Å². The summed E-state index contributed by atoms with van der Waals surface area (Å²) in [7, 11) is 1.00. The second kappa shape index (κ2) is 524. The topological polar surface area (TPSA) is 154 Å². The molecule has 0 aromatic rings. The Morgan fingerprint density at radius 2 is 0.667 bits per heavy atom. The molecule has 0 fully saturated rings. The molecule has 3 N–H and O–H groups in total. The monoisotopic (exact) mass is 182 g/mol. The average molecular weight is 182 g/mol. The number of hydrogen-bond acceptors (Lipinski definition) is 7. The van der Waals surface area contributed by atoms with Crippen molar-refractivity contribution in [2.45, 2.75) is 0 Å². The van der Waals surface area contributed by atoms with E-state index in [9.17, 15) is 0 Å². The van der Waals surface area contributed by atoms with Crippen molar-refractivity contribution >= 4 is 18.5 Å². The third-order valence-electron chi connectivity index (χ3n) is 0. The van der Waals surface area contributed by atoms with Crippen molar-refractivity contribution in [1.82, 2.24) is 0 Å². The van der Waals surface area contributed by atoms with Crippen molar-refractivity contribution in [3.8, 4) is 0 Å². The lowest BCUT2D eigenvalue weighted by Crippen LogP contribution is -1.25. The van der Waals surface area contributed by atoms with Gasteiger partial charge in [-0.15, -0.1) is 0 Å². The molecule has 0 heterocycles. The molecular formula is C4H6O8. The fourth-order valence-corrected chi connectivity index (χ4v) is 0. The Hall–Kier alpha value is -1.94. The van der Waals surface area contributed by atoms with E-state index in [0.717, 1.165) is 7.11 Å². The van der Waals surface area contributed by atoms with Crippen molar-refractivity contribution < 1.29 is 39.3 Å². The summed E-state index contributed by atoms with van der Waals surface area (Å²) in [6, 6.07) is 0. The lowest BCUT2D eigenvalue weighted by molar-refractivity contribution is -0.193. The molecule has 12 heavy (non-hydrogen) atoms. The van der Waals surface area contributed by atoms with Crippen molar-refractivity contribution in [3.63, 3.8) is 0 Å². The molecule has 0 aliphatic heterocycles. The maximum atomic E-state index is 8.12. The fourth-order valence-electron chi connectivity index (χ4n) is 0. The molecule has 0 rings (SSSR count). The van der Waals surface area contributed by atoms with E-state index >= 15 is 0 Å². The van der Waals surface area contributed by atoms with E-state index in [1.54, 1.807) is 0 Å². The van der Waals surface area contributed by atoms with Crippen LogP contribution in [0.15, 0.2) is 0 Å². The zero-order valence-corrected chi connectivity index (χ0v) is 5.90. The Balaban J connectivity index is -0.0000000179. The summed E-state index contributed by atoms with van der Waals surface area (Å²) < 4.78 is 0. The molecule has 0 bridgehead atoms. The van der Waals surface area contributed by atoms with Crippen LogP contribution in [-0.2, 0) is 28.8 Å². The highest BCUT2D eigenvalue weighted by Gasteiger charge is 1.14. The number of rotatable bonds is 0. The number of hydrogen-bond donors (Lipinski definition) is 1. The molecule has 0 aromatic carbocycles. The molecule has 0 aliphatic carbocycles. The molecule has 8 nitrogen and oxygen atoms in total. The van der Waals surface area contributed by atoms with E-state index in [1.807, 2.05) is 0 Å². The predicted octanol–water partition coefficient (Wildman–Crippen LogP) is -2.97. The van der Waals surface area contributed by atoms with Gasteiger partial charge in [0.25, 0.3) is 0 Å². The third kappa shape index (κ3) is 107. The molecule has 0 aliphatic rings. The van der Waals surface area contributed by atoms with Crippen molar-refractivity contribution in [2.24, 2.45) is 0 Å². The van der Waals surface area contributed by atoms with E-state index < -0.39 is 0 Å². The minimum Gasteiger partial charge on any atom is -0.412 e. The van der Waals surface area contributed by atoms with Crippen LogP contribution in [-0.4, -0.2) is 36.1 Å². The first kappa shape index (κ1) is 32.3. The normalized spacial score (nSPS) is 2.50. The summed E-state index contributed by atoms with van der Waals surface area (Å²) in [5.41, 5.74) is 0. The summed E-state index contributed by atoms with van der Waals surface area (Å²) in [6.45, 7) is 0. The summed E-state index contributed by atoms with van der Waals surface area (Å²) in [5, 5.41) is 7.00. The highest BCUT2D eigenvalue weighted by Crippen LogP contribution is 0.793. The molecular weight excluding hydrogens is 176 g/mol. The highest BCUT2D eigenvalue weighted by molar-refractivity contribution is 5.20. The van der Waals surface area contributed by atoms with Gasteiger partial charge >= 0.3 is 18.5 Å². The zero-order chi connectivity index (χ0) is 10.1. The maximum Gasteiger partial charge on any atom is 0.373 e. The maximum absolute atomic E-state index is 8.12. The van der Waals surface area contributed by atoms with Crippen LogP contribution in [0.2, 0.25) is 0 Å². The molecule has 0 aromatic heterocycles. The van der Waals surface area contributed by atoms with Gasteiger partial charge in [-0.1, -0.05) is 0 Å². The lowest BCUT2D eigenvalue weighted by atomic mass is 11.8. The third-order valence-corrected chi connectivity index (χ3v) is 0. The molecule has 0 saturated heterocycles. The minimum atomic E-state index is 0. The molecule has 0 radical (unpaired) electrons. The van der Waals surface area contributed by atoms with Crippen molar-refractivity contribution in [3.05, 3.63) is 0 Å². The Kier molecular flexibility index (Phi) is 1410. The van der Waals surface area contributed by atoms with E-state index in [4.69, 9.17) is 33.9 Å². The van der Waals surface area contributed by atoms with Gasteiger partial charge in [-0.05, 0) is 0 Å². The van der Waals surface area contributed by atoms with Crippen molar-refractivity contribution in [2.75, 3.05) is 7.11 Å². The molecule has 0 amide bonds. The quantitative estimate of drug-likeness (QED) is 0.419. The predicted molar refractivity (Wildman–Crippen MR) is 26.8 cm³/mol. The van der Waals surface area contributed by atoms with Gasteiger partial charge in [0.1, 0.15) is 0 Å². The van der Waals surface area contributed by atoms with E-state index in [-0.39, 0.29) is 23.9 Å². The lowest BCUT2D eigenvalue weighted by Gasteiger charge is -1.21. The summed E-state index contributed by atoms with van der Waals surface area (Å²) in [6.07, 6.45) is 0.750. The van der Waals surface area contributed by atoms with Crippen LogP contribution in [0.5, 0.6) is 0 Å². The standard InChI is InChI=1S/3CO2.CH4O.H2O/c3*2-1-3;1-2;/h;;;2H,1H3;1H2. The van der Waals surface area contributed by atoms with Gasteiger partial charge in [0, 0.05) is 7.11 Å². The van der Waals surface area contributed by atoms with Crippen LogP contribution >= 0.6 is 0 Å². The first-order valence-corrected chi connectivity index (χ1v) is 1.67. The second-order valence-electron chi connectivity index (χ2n) is 0.250. The Morgan fingerprint density at radius 3 is 0.667 bits per heavy atom. The van der Waals surface area contributed by atoms with Gasteiger partial charge in [-0.3, -0.25) is 0 Å². The number of carbonyl (C=O) groups excluding carboxylic acids is 6. The van der Waals surface area contributed by atoms with Gasteiger partial charge in [0.2, 0.25) is 0 Å². The summed E-state index contributed by atoms with van der Waals surface area (Å²) >= 11 is 0. The van der Waals surface area contributed by atoms with Gasteiger partial charge < -0.3 is 10.6 Å².